The molecule has 1 aromatic carbocycles. The zero-order valence-corrected chi connectivity index (χ0v) is 15.5. The predicted octanol–water partition coefficient (Wildman–Crippen LogP) is 6.30. The first-order valence-corrected chi connectivity index (χ1v) is 7.83. The Hall–Kier alpha value is -0.570. The van der Waals surface area contributed by atoms with E-state index in [0.717, 1.165) is 5.56 Å². The van der Waals surface area contributed by atoms with E-state index in [4.69, 9.17) is 0 Å². The molecule has 0 N–H and O–H groups in total. The maximum absolute atomic E-state index is 4.31. The summed E-state index contributed by atoms with van der Waals surface area (Å²) in [6.07, 6.45) is 0. The quantitative estimate of drug-likeness (QED) is 0.492. The molecule has 1 heteroatoms. The molecule has 0 spiro atoms. The minimum absolute atomic E-state index is 0.0783. The van der Waals surface area contributed by atoms with Gasteiger partial charge in [0.05, 0.1) is 0 Å². The van der Waals surface area contributed by atoms with Crippen LogP contribution in [0.1, 0.15) is 84.6 Å². The Morgan fingerprint density at radius 1 is 0.700 bits per heavy atom. The summed E-state index contributed by atoms with van der Waals surface area (Å²) in [6.45, 7) is 20.6. The summed E-state index contributed by atoms with van der Waals surface area (Å²) in [7, 11) is 4.31. The molecule has 0 aliphatic carbocycles. The van der Waals surface area contributed by atoms with Gasteiger partial charge in [-0.15, -0.1) is 0 Å². The average Bonchev–Trinajstić information content (AvgIpc) is 2.23. The molecule has 20 heavy (non-hydrogen) atoms. The maximum atomic E-state index is 4.31. The van der Waals surface area contributed by atoms with Crippen LogP contribution in [0.4, 0.5) is 0 Å². The molecule has 0 saturated carbocycles. The minimum atomic E-state index is 0.0783. The Kier molecular flexibility index (Phi) is 4.65. The van der Waals surface area contributed by atoms with Gasteiger partial charge in [0.15, 0.2) is 0 Å². The van der Waals surface area contributed by atoms with E-state index < -0.39 is 0 Å². The molecular weight excluding hydrogens is 259 g/mol. The van der Waals surface area contributed by atoms with E-state index in [1.54, 1.807) is 0 Å². The fraction of sp³-hybridized carbons (Fsp3) is 0.632. The molecule has 0 heterocycles. The van der Waals surface area contributed by atoms with Crippen LogP contribution in [0.15, 0.2) is 12.1 Å². The zero-order valence-electron chi connectivity index (χ0n) is 14.6. The van der Waals surface area contributed by atoms with Crippen molar-refractivity contribution in [1.82, 2.24) is 0 Å². The van der Waals surface area contributed by atoms with Gasteiger partial charge in [0.2, 0.25) is 0 Å². The first kappa shape index (κ1) is 17.5. The third-order valence-corrected chi connectivity index (χ3v) is 3.87. The van der Waals surface area contributed by atoms with Crippen LogP contribution >= 0.6 is 8.70 Å². The van der Waals surface area contributed by atoms with Crippen molar-refractivity contribution >= 4 is 8.70 Å². The molecule has 1 aromatic rings. The zero-order chi connectivity index (χ0) is 15.9. The van der Waals surface area contributed by atoms with Gasteiger partial charge >= 0.3 is 127 Å². The molecule has 0 amide bonds. The molecule has 0 radical (unpaired) electrons. The van der Waals surface area contributed by atoms with Crippen LogP contribution in [0.5, 0.6) is 0 Å². The third kappa shape index (κ3) is 3.55. The number of rotatable bonds is 0. The molecular formula is C19H29P. The Balaban J connectivity index is 3.93. The topological polar surface area (TPSA) is 0 Å². The van der Waals surface area contributed by atoms with Crippen molar-refractivity contribution in [3.05, 3.63) is 34.4 Å². The Morgan fingerprint density at radius 2 is 1.15 bits per heavy atom. The standard InChI is InChI=1S/C19H29P/c1-17(2,3)14-11-10-13(12-20)15(18(4,5)6)16(14)19(7,8)9/h10-11H,1-9H3. The summed E-state index contributed by atoms with van der Waals surface area (Å²) >= 11 is 0. The van der Waals surface area contributed by atoms with E-state index >= 15 is 0 Å². The summed E-state index contributed by atoms with van der Waals surface area (Å²) in [6, 6.07) is 4.43. The van der Waals surface area contributed by atoms with Crippen LogP contribution in [0, 0.1) is 5.63 Å². The Morgan fingerprint density at radius 3 is 1.45 bits per heavy atom. The van der Waals surface area contributed by atoms with Gasteiger partial charge in [-0.3, -0.25) is 0 Å². The number of hydrogen-bond donors (Lipinski definition) is 0. The van der Waals surface area contributed by atoms with Crippen molar-refractivity contribution in [3.63, 3.8) is 0 Å². The monoisotopic (exact) mass is 288 g/mol. The molecule has 0 fully saturated rings. The Bertz CT molecular complexity index is 537. The van der Waals surface area contributed by atoms with E-state index in [0.29, 0.717) is 0 Å². The van der Waals surface area contributed by atoms with Gasteiger partial charge in [-0.25, -0.2) is 0 Å². The Labute approximate surface area is 127 Å². The van der Waals surface area contributed by atoms with E-state index in [1.807, 2.05) is 0 Å². The molecule has 0 saturated heterocycles. The number of hydrogen-bond acceptors (Lipinski definition) is 0. The summed E-state index contributed by atoms with van der Waals surface area (Å²) in [4.78, 5) is 0. The van der Waals surface area contributed by atoms with E-state index in [-0.39, 0.29) is 16.2 Å². The fourth-order valence-corrected chi connectivity index (χ4v) is 3.07. The van der Waals surface area contributed by atoms with Crippen molar-refractivity contribution in [2.75, 3.05) is 0 Å². The molecule has 0 aliphatic rings. The predicted molar refractivity (Wildman–Crippen MR) is 92.5 cm³/mol. The van der Waals surface area contributed by atoms with Crippen LogP contribution in [-0.2, 0) is 16.2 Å². The molecule has 1 rings (SSSR count). The summed E-state index contributed by atoms with van der Waals surface area (Å²) in [5.41, 5.74) is 8.80. The van der Waals surface area contributed by atoms with Gasteiger partial charge in [-0.2, -0.15) is 0 Å². The average molecular weight is 288 g/mol. The third-order valence-electron chi connectivity index (χ3n) is 3.63. The van der Waals surface area contributed by atoms with Crippen LogP contribution in [0.2, 0.25) is 0 Å². The van der Waals surface area contributed by atoms with Gasteiger partial charge < -0.3 is 0 Å². The van der Waals surface area contributed by atoms with Gasteiger partial charge in [-0.05, 0) is 0 Å². The van der Waals surface area contributed by atoms with E-state index in [9.17, 15) is 0 Å². The van der Waals surface area contributed by atoms with Gasteiger partial charge in [-0.1, -0.05) is 0 Å². The SMILES string of the molecule is CC(C)(C)c1ccc(C#P)c(C(C)(C)C)c1C(C)(C)C. The first-order valence-electron chi connectivity index (χ1n) is 7.38. The van der Waals surface area contributed by atoms with Crippen molar-refractivity contribution in [2.24, 2.45) is 0 Å². The molecule has 0 aliphatic heterocycles. The van der Waals surface area contributed by atoms with Gasteiger partial charge in [0.1, 0.15) is 0 Å². The van der Waals surface area contributed by atoms with E-state index in [2.05, 4.69) is 88.8 Å². The second-order valence-corrected chi connectivity index (χ2v) is 9.00. The summed E-state index contributed by atoms with van der Waals surface area (Å²) < 4.78 is 0. The summed E-state index contributed by atoms with van der Waals surface area (Å²) in [5.74, 6) is 0. The van der Waals surface area contributed by atoms with Gasteiger partial charge in [0, 0.05) is 0 Å². The molecule has 0 aromatic heterocycles. The fourth-order valence-electron chi connectivity index (χ4n) is 2.88. The van der Waals surface area contributed by atoms with Crippen molar-refractivity contribution in [1.29, 1.82) is 0 Å². The van der Waals surface area contributed by atoms with Crippen LogP contribution < -0.4 is 0 Å². The van der Waals surface area contributed by atoms with Crippen LogP contribution in [-0.4, -0.2) is 0 Å². The van der Waals surface area contributed by atoms with Crippen LogP contribution in [0.25, 0.3) is 0 Å². The first-order chi connectivity index (χ1) is 8.80. The van der Waals surface area contributed by atoms with Crippen LogP contribution in [0.3, 0.4) is 0 Å². The molecule has 110 valence electrons. The second-order valence-electron chi connectivity index (χ2n) is 8.77. The molecule has 0 atom stereocenters. The van der Waals surface area contributed by atoms with Gasteiger partial charge in [0.25, 0.3) is 0 Å². The normalized spacial score (nSPS) is 13.2. The molecule has 0 nitrogen and oxygen atoms in total. The number of benzene rings is 1. The molecule has 0 bridgehead atoms. The van der Waals surface area contributed by atoms with Crippen molar-refractivity contribution in [3.8, 4) is 5.63 Å². The molecule has 0 unspecified atom stereocenters. The van der Waals surface area contributed by atoms with Crippen molar-refractivity contribution < 1.29 is 0 Å². The second kappa shape index (κ2) is 5.32. The van der Waals surface area contributed by atoms with Crippen molar-refractivity contribution in [2.45, 2.75) is 78.6 Å². The van der Waals surface area contributed by atoms with E-state index in [1.165, 1.54) is 16.7 Å². The summed E-state index contributed by atoms with van der Waals surface area (Å²) in [5, 5.41) is 0.